The van der Waals surface area contributed by atoms with Gasteiger partial charge >= 0.3 is 5.97 Å². The van der Waals surface area contributed by atoms with E-state index in [0.717, 1.165) is 31.4 Å². The van der Waals surface area contributed by atoms with Crippen molar-refractivity contribution in [1.82, 2.24) is 15.1 Å². The molecule has 0 saturated heterocycles. The van der Waals surface area contributed by atoms with Crippen molar-refractivity contribution in [3.05, 3.63) is 18.0 Å². The molecule has 0 spiro atoms. The predicted molar refractivity (Wildman–Crippen MR) is 75.2 cm³/mol. The summed E-state index contributed by atoms with van der Waals surface area (Å²) < 4.78 is 1.80. The first kappa shape index (κ1) is 14.1. The van der Waals surface area contributed by atoms with Crippen molar-refractivity contribution in [3.63, 3.8) is 0 Å². The highest BCUT2D eigenvalue weighted by Gasteiger charge is 2.53. The second-order valence-corrected chi connectivity index (χ2v) is 6.15. The van der Waals surface area contributed by atoms with Gasteiger partial charge in [0.05, 0.1) is 18.0 Å². The van der Waals surface area contributed by atoms with Crippen molar-refractivity contribution in [2.24, 2.45) is 23.7 Å². The minimum Gasteiger partial charge on any atom is -0.481 e. The van der Waals surface area contributed by atoms with E-state index in [4.69, 9.17) is 0 Å². The molecule has 0 aromatic carbocycles. The molecule has 3 rings (SSSR count). The van der Waals surface area contributed by atoms with Gasteiger partial charge in [0, 0.05) is 24.8 Å². The normalized spacial score (nSPS) is 30.5. The van der Waals surface area contributed by atoms with E-state index in [1.807, 2.05) is 13.1 Å². The molecule has 2 bridgehead atoms. The van der Waals surface area contributed by atoms with Crippen molar-refractivity contribution in [2.45, 2.75) is 39.3 Å². The van der Waals surface area contributed by atoms with E-state index in [-0.39, 0.29) is 23.7 Å². The van der Waals surface area contributed by atoms with Crippen LogP contribution in [0.3, 0.4) is 0 Å². The fourth-order valence-corrected chi connectivity index (χ4v) is 4.00. The quantitative estimate of drug-likeness (QED) is 0.855. The van der Waals surface area contributed by atoms with Crippen LogP contribution in [0, 0.1) is 23.7 Å². The number of hydrogen-bond donors (Lipinski definition) is 2. The summed E-state index contributed by atoms with van der Waals surface area (Å²) in [5, 5.41) is 16.4. The summed E-state index contributed by atoms with van der Waals surface area (Å²) in [7, 11) is 0. The number of carbonyl (C=O) groups is 2. The molecular formula is C15H21N3O3. The molecule has 2 fully saturated rings. The van der Waals surface area contributed by atoms with E-state index in [2.05, 4.69) is 10.4 Å². The van der Waals surface area contributed by atoms with Gasteiger partial charge < -0.3 is 10.4 Å². The first-order valence-corrected chi connectivity index (χ1v) is 7.62. The minimum atomic E-state index is -0.818. The van der Waals surface area contributed by atoms with Crippen LogP contribution in [0.1, 0.15) is 31.7 Å². The van der Waals surface area contributed by atoms with Gasteiger partial charge in [0.25, 0.3) is 0 Å². The Hall–Kier alpha value is -1.85. The molecule has 6 heteroatoms. The maximum absolute atomic E-state index is 12.4. The van der Waals surface area contributed by atoms with E-state index in [0.29, 0.717) is 6.54 Å². The summed E-state index contributed by atoms with van der Waals surface area (Å²) in [5.74, 6) is -1.36. The van der Waals surface area contributed by atoms with Crippen LogP contribution in [0.15, 0.2) is 12.4 Å². The monoisotopic (exact) mass is 291 g/mol. The molecule has 2 saturated carbocycles. The van der Waals surface area contributed by atoms with E-state index in [1.54, 1.807) is 10.9 Å². The number of rotatable bonds is 5. The molecule has 1 aromatic heterocycles. The number of nitrogens with zero attached hydrogens (tertiary/aromatic N) is 2. The number of fused-ring (bicyclic) bond motifs is 2. The molecule has 4 atom stereocenters. The molecule has 0 aliphatic heterocycles. The third-order valence-corrected chi connectivity index (χ3v) is 4.98. The van der Waals surface area contributed by atoms with Gasteiger partial charge in [0.2, 0.25) is 5.91 Å². The summed E-state index contributed by atoms with van der Waals surface area (Å²) in [5.41, 5.74) is 0.945. The molecule has 0 radical (unpaired) electrons. The summed E-state index contributed by atoms with van der Waals surface area (Å²) in [6.07, 6.45) is 6.47. The molecule has 1 aromatic rings. The van der Waals surface area contributed by atoms with Gasteiger partial charge in [0.15, 0.2) is 0 Å². The van der Waals surface area contributed by atoms with Crippen molar-refractivity contribution >= 4 is 11.9 Å². The number of aryl methyl sites for hydroxylation is 1. The van der Waals surface area contributed by atoms with Gasteiger partial charge in [-0.05, 0) is 38.0 Å². The summed E-state index contributed by atoms with van der Waals surface area (Å²) in [6, 6.07) is 0. The fraction of sp³-hybridized carbons (Fsp3) is 0.667. The highest BCUT2D eigenvalue weighted by atomic mass is 16.4. The first-order valence-electron chi connectivity index (χ1n) is 7.62. The van der Waals surface area contributed by atoms with Gasteiger partial charge in [-0.15, -0.1) is 0 Å². The lowest BCUT2D eigenvalue weighted by Crippen LogP contribution is -2.41. The Morgan fingerprint density at radius 2 is 2.10 bits per heavy atom. The van der Waals surface area contributed by atoms with Crippen LogP contribution in [0.5, 0.6) is 0 Å². The SMILES string of the molecule is CCn1cc(CNC(=O)[C@@H]2[C@H]3CC[C@@H](C3)[C@H]2C(=O)O)cn1. The molecule has 2 aliphatic carbocycles. The number of carboxylic acid groups (broad SMARTS) is 1. The van der Waals surface area contributed by atoms with Crippen molar-refractivity contribution in [2.75, 3.05) is 0 Å². The maximum atomic E-state index is 12.4. The average Bonchev–Trinajstić information content (AvgIpc) is 3.18. The van der Waals surface area contributed by atoms with Crippen LogP contribution in [0.25, 0.3) is 0 Å². The standard InChI is InChI=1S/C15H21N3O3/c1-2-18-8-9(7-17-18)6-16-14(19)12-10-3-4-11(5-10)13(12)15(20)21/h7-8,10-13H,2-6H2,1H3,(H,16,19)(H,20,21)/t10-,11-,12+,13+/m0/s1. The van der Waals surface area contributed by atoms with Crippen LogP contribution in [-0.4, -0.2) is 26.8 Å². The lowest BCUT2D eigenvalue weighted by atomic mass is 9.78. The fourth-order valence-electron chi connectivity index (χ4n) is 4.00. The van der Waals surface area contributed by atoms with E-state index in [1.165, 1.54) is 0 Å². The summed E-state index contributed by atoms with van der Waals surface area (Å²) >= 11 is 0. The molecular weight excluding hydrogens is 270 g/mol. The van der Waals surface area contributed by atoms with Gasteiger partial charge in [-0.25, -0.2) is 0 Å². The van der Waals surface area contributed by atoms with Crippen molar-refractivity contribution < 1.29 is 14.7 Å². The van der Waals surface area contributed by atoms with E-state index in [9.17, 15) is 14.7 Å². The zero-order valence-corrected chi connectivity index (χ0v) is 12.2. The number of aliphatic carboxylic acids is 1. The molecule has 1 amide bonds. The lowest BCUT2D eigenvalue weighted by molar-refractivity contribution is -0.149. The van der Waals surface area contributed by atoms with E-state index >= 15 is 0 Å². The number of amides is 1. The average molecular weight is 291 g/mol. The Morgan fingerprint density at radius 3 is 2.71 bits per heavy atom. The predicted octanol–water partition coefficient (Wildman–Crippen LogP) is 1.27. The number of nitrogens with one attached hydrogen (secondary N) is 1. The highest BCUT2D eigenvalue weighted by Crippen LogP contribution is 2.52. The first-order chi connectivity index (χ1) is 10.1. The second-order valence-electron chi connectivity index (χ2n) is 6.15. The number of hydrogen-bond acceptors (Lipinski definition) is 3. The maximum Gasteiger partial charge on any atom is 0.307 e. The van der Waals surface area contributed by atoms with Crippen molar-refractivity contribution in [1.29, 1.82) is 0 Å². The molecule has 2 aliphatic rings. The van der Waals surface area contributed by atoms with Crippen LogP contribution in [0.2, 0.25) is 0 Å². The molecule has 0 unspecified atom stereocenters. The number of aromatic nitrogens is 2. The molecule has 6 nitrogen and oxygen atoms in total. The van der Waals surface area contributed by atoms with Crippen LogP contribution < -0.4 is 5.32 Å². The number of carbonyl (C=O) groups excluding carboxylic acids is 1. The summed E-state index contributed by atoms with van der Waals surface area (Å²) in [4.78, 5) is 23.8. The molecule has 114 valence electrons. The van der Waals surface area contributed by atoms with Gasteiger partial charge in [0.1, 0.15) is 0 Å². The van der Waals surface area contributed by atoms with Crippen LogP contribution in [-0.2, 0) is 22.7 Å². The van der Waals surface area contributed by atoms with E-state index < -0.39 is 11.9 Å². The van der Waals surface area contributed by atoms with Gasteiger partial charge in [-0.2, -0.15) is 5.10 Å². The van der Waals surface area contributed by atoms with Gasteiger partial charge in [-0.3, -0.25) is 14.3 Å². The zero-order valence-electron chi connectivity index (χ0n) is 12.2. The molecule has 1 heterocycles. The van der Waals surface area contributed by atoms with Gasteiger partial charge in [-0.1, -0.05) is 0 Å². The lowest BCUT2D eigenvalue weighted by Gasteiger charge is -2.26. The largest absolute Gasteiger partial charge is 0.481 e. The van der Waals surface area contributed by atoms with Crippen molar-refractivity contribution in [3.8, 4) is 0 Å². The number of carboxylic acids is 1. The van der Waals surface area contributed by atoms with Crippen LogP contribution in [0.4, 0.5) is 0 Å². The highest BCUT2D eigenvalue weighted by molar-refractivity contribution is 5.86. The Morgan fingerprint density at radius 1 is 1.38 bits per heavy atom. The third-order valence-electron chi connectivity index (χ3n) is 4.98. The Kier molecular flexibility index (Phi) is 3.69. The Bertz CT molecular complexity index is 554. The zero-order chi connectivity index (χ0) is 15.0. The Labute approximate surface area is 123 Å². The van der Waals surface area contributed by atoms with Crippen LogP contribution >= 0.6 is 0 Å². The smallest absolute Gasteiger partial charge is 0.307 e. The Balaban J connectivity index is 1.63. The summed E-state index contributed by atoms with van der Waals surface area (Å²) in [6.45, 7) is 3.21. The molecule has 2 N–H and O–H groups in total. The topological polar surface area (TPSA) is 84.2 Å². The minimum absolute atomic E-state index is 0.112. The molecule has 21 heavy (non-hydrogen) atoms. The third kappa shape index (κ3) is 2.54. The second kappa shape index (κ2) is 5.50.